The Morgan fingerprint density at radius 3 is 2.56 bits per heavy atom. The molecule has 0 radical (unpaired) electrons. The lowest BCUT2D eigenvalue weighted by Gasteiger charge is -2.23. The quantitative estimate of drug-likeness (QED) is 0.714. The lowest BCUT2D eigenvalue weighted by molar-refractivity contribution is -0.118. The second kappa shape index (κ2) is 9.34. The van der Waals surface area contributed by atoms with Gasteiger partial charge in [-0.1, -0.05) is 26.2 Å². The number of hydrogen-bond acceptors (Lipinski definition) is 4. The zero-order chi connectivity index (χ0) is 18.4. The number of aromatic carboxylic acids is 1. The van der Waals surface area contributed by atoms with Gasteiger partial charge in [0.15, 0.2) is 0 Å². The number of carboxylic acids is 1. The number of thiophene rings is 1. The number of aliphatic hydroxyl groups is 1. The molecule has 1 saturated carbocycles. The minimum absolute atomic E-state index is 0.0684. The number of anilines is 1. The third-order valence-corrected chi connectivity index (χ3v) is 6.11. The predicted molar refractivity (Wildman–Crippen MR) is 101 cm³/mol. The van der Waals surface area contributed by atoms with Crippen molar-refractivity contribution in [3.63, 3.8) is 0 Å². The Bertz CT molecular complexity index is 590. The third kappa shape index (κ3) is 5.28. The standard InChI is InChI=1S/C19H29NO4S/c1-3-17(22)20(11-7-8-13(2)21)15-12-16(25-18(15)19(23)24)14-9-5-4-6-10-14/h12-14,21H,3-11H2,1-2H3,(H,23,24). The van der Waals surface area contributed by atoms with Gasteiger partial charge in [0.25, 0.3) is 0 Å². The maximum Gasteiger partial charge on any atom is 0.348 e. The molecule has 0 aliphatic heterocycles. The molecule has 1 aromatic heterocycles. The molecule has 6 heteroatoms. The minimum atomic E-state index is -0.966. The van der Waals surface area contributed by atoms with Crippen molar-refractivity contribution >= 4 is 28.9 Å². The van der Waals surface area contributed by atoms with Crippen molar-refractivity contribution in [3.05, 3.63) is 15.8 Å². The van der Waals surface area contributed by atoms with Gasteiger partial charge in [0.05, 0.1) is 11.8 Å². The summed E-state index contributed by atoms with van der Waals surface area (Å²) in [5, 5.41) is 19.1. The lowest BCUT2D eigenvalue weighted by Crippen LogP contribution is -2.32. The summed E-state index contributed by atoms with van der Waals surface area (Å²) < 4.78 is 0. The van der Waals surface area contributed by atoms with E-state index in [0.717, 1.165) is 17.7 Å². The maximum atomic E-state index is 12.4. The van der Waals surface area contributed by atoms with E-state index in [4.69, 9.17) is 0 Å². The molecule has 1 aliphatic carbocycles. The van der Waals surface area contributed by atoms with E-state index in [2.05, 4.69) is 0 Å². The van der Waals surface area contributed by atoms with Gasteiger partial charge in [0.1, 0.15) is 4.88 Å². The second-order valence-corrected chi connectivity index (χ2v) is 7.98. The van der Waals surface area contributed by atoms with Gasteiger partial charge < -0.3 is 15.1 Å². The first-order valence-corrected chi connectivity index (χ1v) is 10.1. The average Bonchev–Trinajstić information content (AvgIpc) is 3.04. The first kappa shape index (κ1) is 19.9. The van der Waals surface area contributed by atoms with Crippen LogP contribution in [0.25, 0.3) is 0 Å². The molecule has 25 heavy (non-hydrogen) atoms. The molecule has 0 aromatic carbocycles. The highest BCUT2D eigenvalue weighted by Crippen LogP contribution is 2.41. The predicted octanol–water partition coefficient (Wildman–Crippen LogP) is 4.40. The van der Waals surface area contributed by atoms with Crippen molar-refractivity contribution in [1.82, 2.24) is 0 Å². The summed E-state index contributed by atoms with van der Waals surface area (Å²) in [4.78, 5) is 27.1. The SMILES string of the molecule is CCC(=O)N(CCCC(C)O)c1cc(C2CCCCC2)sc1C(=O)O. The molecule has 1 aromatic rings. The molecule has 1 fully saturated rings. The molecule has 140 valence electrons. The van der Waals surface area contributed by atoms with E-state index in [1.54, 1.807) is 18.7 Å². The summed E-state index contributed by atoms with van der Waals surface area (Å²) in [5.74, 6) is -0.616. The molecule has 2 N–H and O–H groups in total. The Morgan fingerprint density at radius 2 is 2.00 bits per heavy atom. The van der Waals surface area contributed by atoms with E-state index in [0.29, 0.717) is 37.4 Å². The fraction of sp³-hybridized carbons (Fsp3) is 0.684. The highest BCUT2D eigenvalue weighted by Gasteiger charge is 2.27. The fourth-order valence-electron chi connectivity index (χ4n) is 3.46. The molecule has 5 nitrogen and oxygen atoms in total. The van der Waals surface area contributed by atoms with Crippen LogP contribution >= 0.6 is 11.3 Å². The van der Waals surface area contributed by atoms with Crippen LogP contribution in [0, 0.1) is 0 Å². The van der Waals surface area contributed by atoms with Crippen LogP contribution in [-0.2, 0) is 4.79 Å². The zero-order valence-corrected chi connectivity index (χ0v) is 16.0. The third-order valence-electron chi connectivity index (χ3n) is 4.83. The molecule has 2 rings (SSSR count). The Hall–Kier alpha value is -1.40. The van der Waals surface area contributed by atoms with Crippen LogP contribution in [0.2, 0.25) is 0 Å². The normalized spacial score (nSPS) is 16.6. The van der Waals surface area contributed by atoms with E-state index in [1.165, 1.54) is 30.6 Å². The van der Waals surface area contributed by atoms with Crippen LogP contribution in [0.5, 0.6) is 0 Å². The van der Waals surface area contributed by atoms with Gasteiger partial charge >= 0.3 is 5.97 Å². The van der Waals surface area contributed by atoms with Crippen molar-refractivity contribution in [2.75, 3.05) is 11.4 Å². The number of carbonyl (C=O) groups excluding carboxylic acids is 1. The summed E-state index contributed by atoms with van der Waals surface area (Å²) >= 11 is 1.33. The monoisotopic (exact) mass is 367 g/mol. The van der Waals surface area contributed by atoms with Crippen LogP contribution in [-0.4, -0.2) is 34.7 Å². The number of hydrogen-bond donors (Lipinski definition) is 2. The van der Waals surface area contributed by atoms with E-state index < -0.39 is 12.1 Å². The van der Waals surface area contributed by atoms with Crippen molar-refractivity contribution < 1.29 is 19.8 Å². The number of amides is 1. The molecule has 0 spiro atoms. The first-order chi connectivity index (χ1) is 11.9. The van der Waals surface area contributed by atoms with Crippen LogP contribution in [0.15, 0.2) is 6.07 Å². The van der Waals surface area contributed by atoms with Crippen molar-refractivity contribution in [1.29, 1.82) is 0 Å². The highest BCUT2D eigenvalue weighted by atomic mass is 32.1. The average molecular weight is 368 g/mol. The number of aliphatic hydroxyl groups excluding tert-OH is 1. The molecular weight excluding hydrogens is 338 g/mol. The number of carbonyl (C=O) groups is 2. The van der Waals surface area contributed by atoms with Crippen LogP contribution in [0.1, 0.15) is 85.7 Å². The van der Waals surface area contributed by atoms with Crippen molar-refractivity contribution in [2.45, 2.75) is 77.2 Å². The molecule has 1 unspecified atom stereocenters. The van der Waals surface area contributed by atoms with Gasteiger partial charge in [0, 0.05) is 17.8 Å². The summed E-state index contributed by atoms with van der Waals surface area (Å²) in [6.07, 6.45) is 6.98. The second-order valence-electron chi connectivity index (χ2n) is 6.89. The zero-order valence-electron chi connectivity index (χ0n) is 15.2. The van der Waals surface area contributed by atoms with Crippen molar-refractivity contribution in [2.24, 2.45) is 0 Å². The molecule has 0 bridgehead atoms. The summed E-state index contributed by atoms with van der Waals surface area (Å²) in [7, 11) is 0. The lowest BCUT2D eigenvalue weighted by atomic mass is 9.88. The maximum absolute atomic E-state index is 12.4. The first-order valence-electron chi connectivity index (χ1n) is 9.29. The molecule has 1 amide bonds. The topological polar surface area (TPSA) is 77.8 Å². The van der Waals surface area contributed by atoms with E-state index in [1.807, 2.05) is 6.07 Å². The van der Waals surface area contributed by atoms with Crippen LogP contribution in [0.3, 0.4) is 0 Å². The molecular formula is C19H29NO4S. The summed E-state index contributed by atoms with van der Waals surface area (Å²) in [6, 6.07) is 1.93. The van der Waals surface area contributed by atoms with Gasteiger partial charge in [0.2, 0.25) is 5.91 Å². The number of carboxylic acid groups (broad SMARTS) is 1. The van der Waals surface area contributed by atoms with Crippen LogP contribution in [0.4, 0.5) is 5.69 Å². The number of nitrogens with zero attached hydrogens (tertiary/aromatic N) is 1. The van der Waals surface area contributed by atoms with E-state index in [-0.39, 0.29) is 10.8 Å². The van der Waals surface area contributed by atoms with Gasteiger partial charge in [-0.15, -0.1) is 11.3 Å². The minimum Gasteiger partial charge on any atom is -0.477 e. The number of rotatable bonds is 8. The Kier molecular flexibility index (Phi) is 7.44. The Labute approximate surface area is 153 Å². The summed E-state index contributed by atoms with van der Waals surface area (Å²) in [6.45, 7) is 3.96. The van der Waals surface area contributed by atoms with Crippen LogP contribution < -0.4 is 4.90 Å². The Morgan fingerprint density at radius 1 is 1.32 bits per heavy atom. The Balaban J connectivity index is 2.28. The molecule has 0 saturated heterocycles. The molecule has 1 atom stereocenters. The van der Waals surface area contributed by atoms with Gasteiger partial charge in [-0.05, 0) is 44.6 Å². The van der Waals surface area contributed by atoms with Crippen molar-refractivity contribution in [3.8, 4) is 0 Å². The smallest absolute Gasteiger partial charge is 0.348 e. The molecule has 1 heterocycles. The van der Waals surface area contributed by atoms with E-state index >= 15 is 0 Å². The largest absolute Gasteiger partial charge is 0.477 e. The molecule has 1 aliphatic rings. The summed E-state index contributed by atoms with van der Waals surface area (Å²) in [5.41, 5.74) is 0.538. The van der Waals surface area contributed by atoms with E-state index in [9.17, 15) is 19.8 Å². The van der Waals surface area contributed by atoms with Gasteiger partial charge in [-0.2, -0.15) is 0 Å². The van der Waals surface area contributed by atoms with Gasteiger partial charge in [-0.3, -0.25) is 4.79 Å². The fourth-order valence-corrected chi connectivity index (χ4v) is 4.63. The van der Waals surface area contributed by atoms with Gasteiger partial charge in [-0.25, -0.2) is 4.79 Å². The highest BCUT2D eigenvalue weighted by molar-refractivity contribution is 7.14.